The molecule has 3 saturated carbocycles. The molecule has 0 aromatic carbocycles. The Morgan fingerprint density at radius 3 is 2.63 bits per heavy atom. The molecule has 4 rings (SSSR count). The van der Waals surface area contributed by atoms with E-state index in [1.165, 1.54) is 18.4 Å². The van der Waals surface area contributed by atoms with Gasteiger partial charge in [-0.2, -0.15) is 0 Å². The van der Waals surface area contributed by atoms with Gasteiger partial charge in [0.2, 0.25) is 6.61 Å². The van der Waals surface area contributed by atoms with E-state index in [1.807, 2.05) is 0 Å². The predicted octanol–water partition coefficient (Wildman–Crippen LogP) is 4.16. The summed E-state index contributed by atoms with van der Waals surface area (Å²) in [5.74, 6) is 1.04. The van der Waals surface area contributed by atoms with E-state index in [-0.39, 0.29) is 17.4 Å². The highest BCUT2D eigenvalue weighted by Crippen LogP contribution is 2.67. The van der Waals surface area contributed by atoms with Gasteiger partial charge in [0.05, 0.1) is 11.3 Å². The summed E-state index contributed by atoms with van der Waals surface area (Å²) in [5.41, 5.74) is 2.11. The Morgan fingerprint density at radius 2 is 1.89 bits per heavy atom. The fraction of sp³-hybridized carbons (Fsp3) is 0.818. The molecule has 0 heterocycles. The van der Waals surface area contributed by atoms with Gasteiger partial charge in [-0.25, -0.2) is 4.79 Å². The third kappa shape index (κ3) is 2.84. The number of nitrogens with zero attached hydrogens (tertiary/aromatic N) is 1. The number of allylic oxidation sites excluding steroid dienone is 2. The first-order valence-electron chi connectivity index (χ1n) is 10.5. The number of hydrogen-bond acceptors (Lipinski definition) is 4. The van der Waals surface area contributed by atoms with Crippen LogP contribution in [0.4, 0.5) is 0 Å². The third-order valence-electron chi connectivity index (χ3n) is 8.91. The second-order valence-electron chi connectivity index (χ2n) is 10.0. The summed E-state index contributed by atoms with van der Waals surface area (Å²) >= 11 is 0. The molecule has 3 fully saturated rings. The Bertz CT molecular complexity index is 696. The molecule has 0 amide bonds. The predicted molar refractivity (Wildman–Crippen MR) is 103 cm³/mol. The summed E-state index contributed by atoms with van der Waals surface area (Å²) in [4.78, 5) is 15.6. The Morgan fingerprint density at radius 1 is 1.15 bits per heavy atom. The molecule has 5 heteroatoms. The molecule has 150 valence electrons. The van der Waals surface area contributed by atoms with Crippen LogP contribution in [0, 0.1) is 28.6 Å². The molecule has 0 aromatic rings. The second kappa shape index (κ2) is 6.33. The molecule has 5 nitrogen and oxygen atoms in total. The van der Waals surface area contributed by atoms with Crippen LogP contribution in [0.3, 0.4) is 0 Å². The number of oxime groups is 1. The van der Waals surface area contributed by atoms with Gasteiger partial charge in [-0.05, 0) is 93.0 Å². The van der Waals surface area contributed by atoms with Gasteiger partial charge in [0.1, 0.15) is 0 Å². The lowest BCUT2D eigenvalue weighted by atomic mass is 9.46. The average molecular weight is 376 g/mol. The van der Waals surface area contributed by atoms with E-state index < -0.39 is 11.6 Å². The number of rotatable bonds is 3. The van der Waals surface area contributed by atoms with Crippen molar-refractivity contribution in [3.05, 3.63) is 11.6 Å². The summed E-state index contributed by atoms with van der Waals surface area (Å²) in [5, 5.41) is 23.8. The first-order valence-corrected chi connectivity index (χ1v) is 10.5. The minimum Gasteiger partial charge on any atom is -0.479 e. The summed E-state index contributed by atoms with van der Waals surface area (Å²) in [6.45, 7) is 6.44. The number of carboxylic acids is 1. The third-order valence-corrected chi connectivity index (χ3v) is 8.91. The van der Waals surface area contributed by atoms with Gasteiger partial charge < -0.3 is 15.1 Å². The zero-order chi connectivity index (χ0) is 19.4. The monoisotopic (exact) mass is 375 g/mol. The first kappa shape index (κ1) is 19.0. The molecule has 0 unspecified atom stereocenters. The van der Waals surface area contributed by atoms with Crippen molar-refractivity contribution in [3.8, 4) is 0 Å². The van der Waals surface area contributed by atoms with Crippen LogP contribution in [0.5, 0.6) is 0 Å². The Balaban J connectivity index is 1.56. The quantitative estimate of drug-likeness (QED) is 0.726. The van der Waals surface area contributed by atoms with Gasteiger partial charge in [0.15, 0.2) is 0 Å². The molecule has 0 saturated heterocycles. The van der Waals surface area contributed by atoms with Crippen molar-refractivity contribution in [2.24, 2.45) is 33.7 Å². The Kier molecular flexibility index (Phi) is 4.45. The van der Waals surface area contributed by atoms with Crippen molar-refractivity contribution in [1.82, 2.24) is 0 Å². The lowest BCUT2D eigenvalue weighted by Crippen LogP contribution is -2.53. The van der Waals surface area contributed by atoms with Crippen molar-refractivity contribution < 1.29 is 19.8 Å². The molecular formula is C22H33NO4. The fourth-order valence-corrected chi connectivity index (χ4v) is 7.06. The number of fused-ring (bicyclic) bond motifs is 5. The maximum atomic E-state index is 11.0. The van der Waals surface area contributed by atoms with E-state index >= 15 is 0 Å². The van der Waals surface area contributed by atoms with Crippen LogP contribution in [0.1, 0.15) is 72.1 Å². The molecule has 0 radical (unpaired) electrons. The number of hydrogen-bond donors (Lipinski definition) is 2. The maximum absolute atomic E-state index is 11.0. The van der Waals surface area contributed by atoms with Crippen LogP contribution in [-0.4, -0.2) is 34.1 Å². The van der Waals surface area contributed by atoms with Crippen LogP contribution in [0.25, 0.3) is 0 Å². The van der Waals surface area contributed by atoms with E-state index in [2.05, 4.69) is 32.0 Å². The van der Waals surface area contributed by atoms with Gasteiger partial charge in [-0.15, -0.1) is 0 Å². The lowest BCUT2D eigenvalue weighted by Gasteiger charge is -2.59. The van der Waals surface area contributed by atoms with Crippen LogP contribution >= 0.6 is 0 Å². The molecule has 2 N–H and O–H groups in total. The molecule has 6 atom stereocenters. The summed E-state index contributed by atoms with van der Waals surface area (Å²) < 4.78 is 0. The van der Waals surface area contributed by atoms with Crippen LogP contribution in [-0.2, 0) is 9.63 Å². The van der Waals surface area contributed by atoms with Crippen LogP contribution in [0.2, 0.25) is 0 Å². The van der Waals surface area contributed by atoms with Gasteiger partial charge in [0, 0.05) is 0 Å². The normalized spacial score (nSPS) is 47.6. The van der Waals surface area contributed by atoms with Crippen LogP contribution < -0.4 is 0 Å². The van der Waals surface area contributed by atoms with Gasteiger partial charge in [-0.3, -0.25) is 0 Å². The molecule has 27 heavy (non-hydrogen) atoms. The molecule has 0 aliphatic heterocycles. The molecule has 0 aromatic heterocycles. The lowest BCUT2D eigenvalue weighted by molar-refractivity contribution is -0.142. The topological polar surface area (TPSA) is 79.1 Å². The minimum absolute atomic E-state index is 0.0672. The smallest absolute Gasteiger partial charge is 0.344 e. The number of aliphatic carboxylic acids is 1. The minimum atomic E-state index is -0.995. The average Bonchev–Trinajstić information content (AvgIpc) is 2.84. The first-order chi connectivity index (χ1) is 12.7. The molecule has 0 spiro atoms. The SMILES string of the molecule is C[C@]12CCC(=NOCC(=O)O)C=C1CC[C@H]1[C@H]3CC[C@](C)(O)[C@]3(C)CC[C@@H]12. The van der Waals surface area contributed by atoms with E-state index in [9.17, 15) is 9.90 Å². The zero-order valence-electron chi connectivity index (χ0n) is 16.8. The van der Waals surface area contributed by atoms with E-state index in [0.717, 1.165) is 44.2 Å². The van der Waals surface area contributed by atoms with Crippen molar-refractivity contribution in [1.29, 1.82) is 0 Å². The van der Waals surface area contributed by atoms with E-state index in [0.29, 0.717) is 17.8 Å². The summed E-state index contributed by atoms with van der Waals surface area (Å²) in [6, 6.07) is 0. The molecule has 4 aliphatic rings. The highest BCUT2D eigenvalue weighted by atomic mass is 16.6. The highest BCUT2D eigenvalue weighted by Gasteiger charge is 2.62. The maximum Gasteiger partial charge on any atom is 0.344 e. The van der Waals surface area contributed by atoms with Crippen LogP contribution in [0.15, 0.2) is 16.8 Å². The standard InChI is InChI=1S/C22H33NO4/c1-20-9-6-15(23-27-13-19(24)25)12-14(20)4-5-16-17(20)7-10-21(2)18(16)8-11-22(21,3)26/h12,16-18,26H,4-11,13H2,1-3H3,(H,24,25)/t16-,17+,18-,20+,21-,22+/m1/s1. The number of aliphatic hydroxyl groups is 1. The molecule has 4 aliphatic carbocycles. The fourth-order valence-electron chi connectivity index (χ4n) is 7.06. The van der Waals surface area contributed by atoms with E-state index in [4.69, 9.17) is 9.94 Å². The van der Waals surface area contributed by atoms with Crippen molar-refractivity contribution in [2.45, 2.75) is 77.7 Å². The van der Waals surface area contributed by atoms with Gasteiger partial charge in [-0.1, -0.05) is 24.6 Å². The van der Waals surface area contributed by atoms with Crippen molar-refractivity contribution in [3.63, 3.8) is 0 Å². The second-order valence-corrected chi connectivity index (χ2v) is 10.0. The summed E-state index contributed by atoms with van der Waals surface area (Å²) in [7, 11) is 0. The number of carboxylic acid groups (broad SMARTS) is 1. The Hall–Kier alpha value is -1.36. The Labute approximate surface area is 161 Å². The van der Waals surface area contributed by atoms with Gasteiger partial charge in [0.25, 0.3) is 0 Å². The van der Waals surface area contributed by atoms with Gasteiger partial charge >= 0.3 is 5.97 Å². The highest BCUT2D eigenvalue weighted by molar-refractivity contribution is 5.96. The molecule has 0 bridgehead atoms. The van der Waals surface area contributed by atoms with Crippen molar-refractivity contribution in [2.75, 3.05) is 6.61 Å². The summed E-state index contributed by atoms with van der Waals surface area (Å²) in [6.07, 6.45) is 10.8. The number of carbonyl (C=O) groups is 1. The molecular weight excluding hydrogens is 342 g/mol. The van der Waals surface area contributed by atoms with E-state index in [1.54, 1.807) is 0 Å². The van der Waals surface area contributed by atoms with Crippen molar-refractivity contribution >= 4 is 11.7 Å². The largest absolute Gasteiger partial charge is 0.479 e. The zero-order valence-corrected chi connectivity index (χ0v) is 16.8.